The fourth-order valence-corrected chi connectivity index (χ4v) is 3.74. The number of benzene rings is 2. The zero-order chi connectivity index (χ0) is 22.3. The molecular formula is C25H26N4O3. The van der Waals surface area contributed by atoms with Crippen molar-refractivity contribution in [2.75, 3.05) is 13.1 Å². The van der Waals surface area contributed by atoms with Crippen molar-refractivity contribution in [3.63, 3.8) is 0 Å². The summed E-state index contributed by atoms with van der Waals surface area (Å²) in [5.41, 5.74) is 2.75. The molecule has 0 spiro atoms. The lowest BCUT2D eigenvalue weighted by Crippen LogP contribution is -2.40. The van der Waals surface area contributed by atoms with Crippen LogP contribution in [0.3, 0.4) is 0 Å². The first-order chi connectivity index (χ1) is 15.6. The van der Waals surface area contributed by atoms with Gasteiger partial charge in [0.15, 0.2) is 0 Å². The van der Waals surface area contributed by atoms with Gasteiger partial charge in [0, 0.05) is 18.7 Å². The van der Waals surface area contributed by atoms with E-state index < -0.39 is 0 Å². The predicted molar refractivity (Wildman–Crippen MR) is 120 cm³/mol. The van der Waals surface area contributed by atoms with Crippen LogP contribution in [0.15, 0.2) is 59.0 Å². The summed E-state index contributed by atoms with van der Waals surface area (Å²) < 4.78 is 11.7. The third kappa shape index (κ3) is 5.16. The highest BCUT2D eigenvalue weighted by Gasteiger charge is 2.27. The molecule has 1 aromatic heterocycles. The second kappa shape index (κ2) is 10.1. The van der Waals surface area contributed by atoms with Crippen LogP contribution in [0.5, 0.6) is 5.75 Å². The minimum atomic E-state index is -0.280. The number of likely N-dealkylation sites (tertiary alicyclic amines) is 1. The van der Waals surface area contributed by atoms with Crippen molar-refractivity contribution in [3.8, 4) is 23.3 Å². The molecule has 1 atom stereocenters. The quantitative estimate of drug-likeness (QED) is 0.584. The smallest absolute Gasteiger partial charge is 0.237 e. The van der Waals surface area contributed by atoms with Gasteiger partial charge in [0.1, 0.15) is 29.9 Å². The van der Waals surface area contributed by atoms with Crippen LogP contribution in [0, 0.1) is 18.3 Å². The summed E-state index contributed by atoms with van der Waals surface area (Å²) >= 11 is 0. The van der Waals surface area contributed by atoms with Gasteiger partial charge in [-0.3, -0.25) is 4.79 Å². The normalized spacial score (nSPS) is 15.5. The van der Waals surface area contributed by atoms with E-state index in [9.17, 15) is 4.79 Å². The standard InChI is InChI=1S/C25H26N4O3/c1-18-23(28-25(32-18)20-6-3-2-4-7-20)17-31-22-11-9-19(10-12-22)15-27-16-24(30)29-13-5-8-21(29)14-26/h2-4,6-7,9-12,21,27H,5,8,13,15-17H2,1H3/t21-/m0/s1. The van der Waals surface area contributed by atoms with E-state index in [2.05, 4.69) is 16.4 Å². The topological polar surface area (TPSA) is 91.4 Å². The van der Waals surface area contributed by atoms with Crippen molar-refractivity contribution in [3.05, 3.63) is 71.6 Å². The maximum Gasteiger partial charge on any atom is 0.237 e. The number of aromatic nitrogens is 1. The van der Waals surface area contributed by atoms with Crippen molar-refractivity contribution < 1.29 is 13.9 Å². The number of nitriles is 1. The summed E-state index contributed by atoms with van der Waals surface area (Å²) in [6, 6.07) is 19.4. The number of carbonyl (C=O) groups is 1. The van der Waals surface area contributed by atoms with Gasteiger partial charge in [0.05, 0.1) is 12.6 Å². The van der Waals surface area contributed by atoms with Gasteiger partial charge >= 0.3 is 0 Å². The molecule has 0 radical (unpaired) electrons. The minimum Gasteiger partial charge on any atom is -0.487 e. The van der Waals surface area contributed by atoms with Gasteiger partial charge in [-0.05, 0) is 49.6 Å². The molecule has 1 fully saturated rings. The molecule has 1 amide bonds. The number of aryl methyl sites for hydroxylation is 1. The van der Waals surface area contributed by atoms with Crippen LogP contribution in [0.1, 0.15) is 29.9 Å². The Labute approximate surface area is 187 Å². The van der Waals surface area contributed by atoms with Gasteiger partial charge in [-0.15, -0.1) is 0 Å². The summed E-state index contributed by atoms with van der Waals surface area (Å²) in [6.45, 7) is 3.67. The van der Waals surface area contributed by atoms with Crippen molar-refractivity contribution in [2.24, 2.45) is 0 Å². The number of ether oxygens (including phenoxy) is 1. The summed E-state index contributed by atoms with van der Waals surface area (Å²) in [5, 5.41) is 12.3. The van der Waals surface area contributed by atoms with E-state index in [1.807, 2.05) is 61.5 Å². The molecule has 164 valence electrons. The lowest BCUT2D eigenvalue weighted by atomic mass is 10.2. The number of rotatable bonds is 8. The molecule has 0 bridgehead atoms. The van der Waals surface area contributed by atoms with Crippen molar-refractivity contribution in [1.82, 2.24) is 15.2 Å². The molecule has 1 N–H and O–H groups in total. The first-order valence-corrected chi connectivity index (χ1v) is 10.8. The maximum atomic E-state index is 12.3. The van der Waals surface area contributed by atoms with Crippen molar-refractivity contribution in [1.29, 1.82) is 5.26 Å². The number of nitrogens with one attached hydrogen (secondary N) is 1. The Morgan fingerprint density at radius 1 is 1.25 bits per heavy atom. The van der Waals surface area contributed by atoms with E-state index in [0.29, 0.717) is 25.6 Å². The lowest BCUT2D eigenvalue weighted by Gasteiger charge is -2.19. The van der Waals surface area contributed by atoms with Crippen molar-refractivity contribution >= 4 is 5.91 Å². The second-order valence-electron chi connectivity index (χ2n) is 7.80. The summed E-state index contributed by atoms with van der Waals surface area (Å²) in [4.78, 5) is 18.5. The molecule has 1 aliphatic rings. The summed E-state index contributed by atoms with van der Waals surface area (Å²) in [6.07, 6.45) is 1.66. The summed E-state index contributed by atoms with van der Waals surface area (Å²) in [5.74, 6) is 2.05. The Kier molecular flexibility index (Phi) is 6.83. The number of nitrogens with zero attached hydrogens (tertiary/aromatic N) is 3. The molecule has 2 heterocycles. The van der Waals surface area contributed by atoms with E-state index >= 15 is 0 Å². The highest BCUT2D eigenvalue weighted by atomic mass is 16.5. The van der Waals surface area contributed by atoms with Gasteiger partial charge in [0.25, 0.3) is 0 Å². The Morgan fingerprint density at radius 3 is 2.78 bits per heavy atom. The number of hydrogen-bond acceptors (Lipinski definition) is 6. The number of hydrogen-bond donors (Lipinski definition) is 1. The fourth-order valence-electron chi connectivity index (χ4n) is 3.74. The molecule has 7 nitrogen and oxygen atoms in total. The molecule has 3 aromatic rings. The molecule has 1 saturated heterocycles. The number of amides is 1. The zero-order valence-electron chi connectivity index (χ0n) is 18.1. The van der Waals surface area contributed by atoms with Crippen LogP contribution in [0.2, 0.25) is 0 Å². The Bertz CT molecular complexity index is 1090. The van der Waals surface area contributed by atoms with Crippen molar-refractivity contribution in [2.45, 2.75) is 39.0 Å². The molecule has 0 saturated carbocycles. The average Bonchev–Trinajstić information content (AvgIpc) is 3.45. The van der Waals surface area contributed by atoms with Gasteiger partial charge in [0.2, 0.25) is 11.8 Å². The van der Waals surface area contributed by atoms with Crippen LogP contribution in [-0.4, -0.2) is 34.9 Å². The number of carbonyl (C=O) groups excluding carboxylic acids is 1. The van der Waals surface area contributed by atoms with E-state index in [4.69, 9.17) is 14.4 Å². The fraction of sp³-hybridized carbons (Fsp3) is 0.320. The largest absolute Gasteiger partial charge is 0.487 e. The Morgan fingerprint density at radius 2 is 2.03 bits per heavy atom. The highest BCUT2D eigenvalue weighted by Crippen LogP contribution is 2.23. The molecule has 0 aliphatic carbocycles. The van der Waals surface area contributed by atoms with Crippen LogP contribution in [-0.2, 0) is 17.9 Å². The lowest BCUT2D eigenvalue weighted by molar-refractivity contribution is -0.130. The molecule has 2 aromatic carbocycles. The molecule has 4 rings (SSSR count). The Balaban J connectivity index is 1.25. The SMILES string of the molecule is Cc1oc(-c2ccccc2)nc1COc1ccc(CNCC(=O)N2CCC[C@H]2C#N)cc1. The van der Waals surface area contributed by atoms with E-state index in [-0.39, 0.29) is 18.5 Å². The van der Waals surface area contributed by atoms with Crippen LogP contribution >= 0.6 is 0 Å². The van der Waals surface area contributed by atoms with E-state index in [1.165, 1.54) is 0 Å². The maximum absolute atomic E-state index is 12.3. The monoisotopic (exact) mass is 430 g/mol. The van der Waals surface area contributed by atoms with Gasteiger partial charge in [-0.25, -0.2) is 4.98 Å². The predicted octanol–water partition coefficient (Wildman–Crippen LogP) is 3.83. The van der Waals surface area contributed by atoms with Crippen LogP contribution in [0.4, 0.5) is 0 Å². The van der Waals surface area contributed by atoms with Gasteiger partial charge in [-0.1, -0.05) is 30.3 Å². The molecule has 1 aliphatic heterocycles. The second-order valence-corrected chi connectivity index (χ2v) is 7.80. The van der Waals surface area contributed by atoms with E-state index in [0.717, 1.165) is 41.2 Å². The highest BCUT2D eigenvalue weighted by molar-refractivity contribution is 5.79. The summed E-state index contributed by atoms with van der Waals surface area (Å²) in [7, 11) is 0. The zero-order valence-corrected chi connectivity index (χ0v) is 18.1. The van der Waals surface area contributed by atoms with Crippen LogP contribution < -0.4 is 10.1 Å². The first-order valence-electron chi connectivity index (χ1n) is 10.8. The number of oxazole rings is 1. The molecular weight excluding hydrogens is 404 g/mol. The molecule has 0 unspecified atom stereocenters. The van der Waals surface area contributed by atoms with Crippen LogP contribution in [0.25, 0.3) is 11.5 Å². The minimum absolute atomic E-state index is 0.0214. The average molecular weight is 431 g/mol. The van der Waals surface area contributed by atoms with E-state index in [1.54, 1.807) is 4.90 Å². The van der Waals surface area contributed by atoms with Gasteiger partial charge < -0.3 is 19.4 Å². The Hall–Kier alpha value is -3.63. The third-order valence-corrected chi connectivity index (χ3v) is 5.54. The first kappa shape index (κ1) is 21.6. The molecule has 32 heavy (non-hydrogen) atoms. The third-order valence-electron chi connectivity index (χ3n) is 5.54. The van der Waals surface area contributed by atoms with Gasteiger partial charge in [-0.2, -0.15) is 5.26 Å². The molecule has 7 heteroatoms.